The van der Waals surface area contributed by atoms with Crippen molar-refractivity contribution in [1.29, 1.82) is 0 Å². The van der Waals surface area contributed by atoms with E-state index in [0.717, 1.165) is 0 Å². The van der Waals surface area contributed by atoms with Crippen LogP contribution in [0.1, 0.15) is 0 Å². The van der Waals surface area contributed by atoms with Gasteiger partial charge >= 0.3 is 11.0 Å². The number of hydrogen-bond acceptors (Lipinski definition) is 6. The molecule has 0 aromatic heterocycles. The maximum absolute atomic E-state index is 12.5. The molecule has 0 aliphatic heterocycles. The second-order valence-electron chi connectivity index (χ2n) is 4.74. The highest BCUT2D eigenvalue weighted by Gasteiger charge is 2.67. The fourth-order valence-electron chi connectivity index (χ4n) is 1.18. The molecule has 0 amide bonds. The number of hydrogen-bond donors (Lipinski definition) is 0. The lowest BCUT2D eigenvalue weighted by molar-refractivity contribution is -0.0462. The molecule has 0 fully saturated rings. The van der Waals surface area contributed by atoms with Gasteiger partial charge in [0, 0.05) is 5.75 Å². The highest BCUT2D eigenvalue weighted by Crippen LogP contribution is 2.46. The summed E-state index contributed by atoms with van der Waals surface area (Å²) in [5.41, 5.74) is -13.1. The van der Waals surface area contributed by atoms with Crippen LogP contribution >= 0.6 is 19.9 Å². The van der Waals surface area contributed by atoms with Crippen LogP contribution < -0.4 is 0 Å². The maximum Gasteiger partial charge on any atom is 0.499 e. The van der Waals surface area contributed by atoms with Crippen molar-refractivity contribution in [3.63, 3.8) is 0 Å². The summed E-state index contributed by atoms with van der Waals surface area (Å²) in [6, 6.07) is 0. The van der Waals surface area contributed by atoms with E-state index in [-0.39, 0.29) is 0 Å². The van der Waals surface area contributed by atoms with Gasteiger partial charge in [0.15, 0.2) is 9.84 Å². The number of rotatable bonds is 6. The highest BCUT2D eigenvalue weighted by molar-refractivity contribution is 8.50. The second-order valence-corrected chi connectivity index (χ2v) is 17.6. The molecule has 0 aromatic carbocycles. The van der Waals surface area contributed by atoms with Crippen LogP contribution in [0, 0.1) is 0 Å². The minimum atomic E-state index is -7.23. The van der Waals surface area contributed by atoms with Crippen molar-refractivity contribution in [3.05, 3.63) is 0 Å². The molecule has 0 radical (unpaired) electrons. The lowest BCUT2D eigenvalue weighted by Crippen LogP contribution is -2.50. The van der Waals surface area contributed by atoms with Gasteiger partial charge in [-0.15, -0.1) is 0 Å². The first-order chi connectivity index (χ1) is 10.1. The predicted molar refractivity (Wildman–Crippen MR) is 77.7 cm³/mol. The summed E-state index contributed by atoms with van der Waals surface area (Å²) in [6.45, 7) is 0. The topological polar surface area (TPSA) is 102 Å². The molecule has 24 heavy (non-hydrogen) atoms. The van der Waals surface area contributed by atoms with Crippen LogP contribution in [0.3, 0.4) is 0 Å². The van der Waals surface area contributed by atoms with Gasteiger partial charge in [-0.05, 0) is 12.5 Å². The van der Waals surface area contributed by atoms with Crippen LogP contribution in [0.15, 0.2) is 0 Å². The minimum absolute atomic E-state index is 0.714. The first kappa shape index (κ1) is 24.1. The molecule has 0 bridgehead atoms. The van der Waals surface area contributed by atoms with E-state index in [0.29, 0.717) is 0 Å². The van der Waals surface area contributed by atoms with E-state index in [2.05, 4.69) is 0 Å². The van der Waals surface area contributed by atoms with Gasteiger partial charge in [-0.3, -0.25) is 0 Å². The highest BCUT2D eigenvalue weighted by atomic mass is 35.7. The van der Waals surface area contributed by atoms with Gasteiger partial charge in [-0.2, -0.15) is 35.6 Å². The van der Waals surface area contributed by atoms with Crippen LogP contribution in [-0.4, -0.2) is 64.2 Å². The van der Waals surface area contributed by atoms with Gasteiger partial charge in [0.1, 0.15) is 0 Å². The standard InChI is InChI=1S/C7H11ClF6O6S4/c1-21(2,8)3-4-22(15,16)5(23(17,18)6(9,10)11)24(19,20)7(12,13)14/h5H,3-4H2,1-2H3. The molecule has 0 N–H and O–H groups in total. The van der Waals surface area contributed by atoms with E-state index >= 15 is 0 Å². The van der Waals surface area contributed by atoms with Crippen molar-refractivity contribution in [3.8, 4) is 0 Å². The number of halogens is 7. The number of alkyl halides is 6. The molecule has 6 nitrogen and oxygen atoms in total. The lowest BCUT2D eigenvalue weighted by Gasteiger charge is -2.24. The SMILES string of the molecule is CS(C)(Cl)CCS(=O)(=O)C(S(=O)(=O)C(F)(F)F)S(=O)(=O)C(F)(F)F. The molecule has 0 saturated carbocycles. The molecular formula is C7H11ClF6O6S4. The van der Waals surface area contributed by atoms with Crippen LogP contribution in [0.2, 0.25) is 0 Å². The first-order valence-electron chi connectivity index (χ1n) is 5.30. The third-order valence-electron chi connectivity index (χ3n) is 2.30. The summed E-state index contributed by atoms with van der Waals surface area (Å²) in [5.74, 6) is -2.30. The molecule has 0 heterocycles. The molecule has 0 saturated heterocycles. The van der Waals surface area contributed by atoms with Crippen molar-refractivity contribution in [2.75, 3.05) is 24.0 Å². The Morgan fingerprint density at radius 3 is 1.25 bits per heavy atom. The molecule has 0 rings (SSSR count). The predicted octanol–water partition coefficient (Wildman–Crippen LogP) is 1.77. The van der Waals surface area contributed by atoms with Crippen molar-refractivity contribution in [2.45, 2.75) is 14.9 Å². The fourth-order valence-corrected chi connectivity index (χ4v) is 11.2. The summed E-state index contributed by atoms with van der Waals surface area (Å²) in [6.07, 6.45) is 2.44. The van der Waals surface area contributed by atoms with Crippen LogP contribution in [-0.2, 0) is 29.5 Å². The third-order valence-corrected chi connectivity index (χ3v) is 12.7. The molecule has 0 aromatic rings. The van der Waals surface area contributed by atoms with Gasteiger partial charge in [-0.25, -0.2) is 25.3 Å². The zero-order valence-corrected chi connectivity index (χ0v) is 15.7. The van der Waals surface area contributed by atoms with Crippen LogP contribution in [0.25, 0.3) is 0 Å². The van der Waals surface area contributed by atoms with Crippen LogP contribution in [0.5, 0.6) is 0 Å². The van der Waals surface area contributed by atoms with Crippen molar-refractivity contribution < 1.29 is 51.6 Å². The summed E-state index contributed by atoms with van der Waals surface area (Å²) in [4.78, 5) is 0. The van der Waals surface area contributed by atoms with E-state index in [1.807, 2.05) is 0 Å². The Bertz CT molecular complexity index is 729. The zero-order chi connectivity index (χ0) is 20.0. The van der Waals surface area contributed by atoms with Crippen molar-refractivity contribution in [1.82, 2.24) is 0 Å². The molecule has 0 unspecified atom stereocenters. The Morgan fingerprint density at radius 2 is 1.04 bits per heavy atom. The average Bonchev–Trinajstić information content (AvgIpc) is 2.21. The molecular weight excluding hydrogens is 458 g/mol. The molecule has 148 valence electrons. The second kappa shape index (κ2) is 6.66. The molecule has 0 aliphatic rings. The Balaban J connectivity index is 6.54. The normalized spacial score (nSPS) is 16.4. The van der Waals surface area contributed by atoms with Crippen molar-refractivity contribution >= 4 is 49.4 Å². The first-order valence-corrected chi connectivity index (χ1v) is 13.6. The Labute approximate surface area is 140 Å². The van der Waals surface area contributed by atoms with Crippen molar-refractivity contribution in [2.24, 2.45) is 0 Å². The van der Waals surface area contributed by atoms with E-state index in [1.54, 1.807) is 0 Å². The Kier molecular flexibility index (Phi) is 6.68. The van der Waals surface area contributed by atoms with Gasteiger partial charge < -0.3 is 0 Å². The molecule has 17 heteroatoms. The zero-order valence-electron chi connectivity index (χ0n) is 11.7. The monoisotopic (exact) mass is 468 g/mol. The Hall–Kier alpha value is 0.0700. The van der Waals surface area contributed by atoms with E-state index in [4.69, 9.17) is 10.7 Å². The average molecular weight is 469 g/mol. The lowest BCUT2D eigenvalue weighted by atomic mass is 11.0. The van der Waals surface area contributed by atoms with E-state index in [9.17, 15) is 51.6 Å². The smallest absolute Gasteiger partial charge is 0.226 e. The number of sulfone groups is 3. The summed E-state index contributed by atoms with van der Waals surface area (Å²) in [5, 5.41) is 0. The van der Waals surface area contributed by atoms with E-state index in [1.165, 1.54) is 12.5 Å². The summed E-state index contributed by atoms with van der Waals surface area (Å²) >= 11 is 0. The molecule has 0 spiro atoms. The van der Waals surface area contributed by atoms with Gasteiger partial charge in [0.25, 0.3) is 23.6 Å². The third kappa shape index (κ3) is 5.28. The molecule has 0 atom stereocenters. The van der Waals surface area contributed by atoms with Crippen LogP contribution in [0.4, 0.5) is 26.3 Å². The molecule has 0 aliphatic carbocycles. The fraction of sp³-hybridized carbons (Fsp3) is 1.00. The summed E-state index contributed by atoms with van der Waals surface area (Å²) in [7, 11) is -17.1. The van der Waals surface area contributed by atoms with Gasteiger partial charge in [-0.1, -0.05) is 10.7 Å². The minimum Gasteiger partial charge on any atom is -0.226 e. The summed E-state index contributed by atoms with van der Waals surface area (Å²) < 4.78 is 139. The van der Waals surface area contributed by atoms with Gasteiger partial charge in [0.2, 0.25) is 0 Å². The van der Waals surface area contributed by atoms with Gasteiger partial charge in [0.05, 0.1) is 5.75 Å². The largest absolute Gasteiger partial charge is 0.499 e. The maximum atomic E-state index is 12.5. The van der Waals surface area contributed by atoms with E-state index < -0.39 is 65.2 Å². The quantitative estimate of drug-likeness (QED) is 0.550. The Morgan fingerprint density at radius 1 is 0.750 bits per heavy atom.